The van der Waals surface area contributed by atoms with Crippen molar-refractivity contribution in [1.29, 1.82) is 0 Å². The van der Waals surface area contributed by atoms with Crippen LogP contribution in [-0.4, -0.2) is 29.5 Å². The third-order valence-corrected chi connectivity index (χ3v) is 2.03. The van der Waals surface area contributed by atoms with E-state index >= 15 is 0 Å². The molecule has 0 unspecified atom stereocenters. The molecule has 92 valence electrons. The van der Waals surface area contributed by atoms with Gasteiger partial charge in [0.15, 0.2) is 0 Å². The van der Waals surface area contributed by atoms with Crippen LogP contribution in [0.1, 0.15) is 6.92 Å². The lowest BCUT2D eigenvalue weighted by atomic mass is 10.4. The summed E-state index contributed by atoms with van der Waals surface area (Å²) >= 11 is 0. The predicted octanol–water partition coefficient (Wildman–Crippen LogP) is -0.899. The van der Waals surface area contributed by atoms with Gasteiger partial charge in [0.05, 0.1) is 6.54 Å². The number of amides is 2. The van der Waals surface area contributed by atoms with E-state index in [1.54, 1.807) is 19.1 Å². The first-order chi connectivity index (χ1) is 8.13. The molecule has 0 radical (unpaired) electrons. The summed E-state index contributed by atoms with van der Waals surface area (Å²) in [5.74, 6) is -0.620. The Morgan fingerprint density at radius 1 is 1.24 bits per heavy atom. The molecule has 0 aliphatic carbocycles. The number of pyridine rings is 1. The molecule has 6 nitrogen and oxygen atoms in total. The van der Waals surface area contributed by atoms with E-state index in [9.17, 15) is 14.4 Å². The fourth-order valence-corrected chi connectivity index (χ4v) is 1.24. The van der Waals surface area contributed by atoms with Crippen LogP contribution in [-0.2, 0) is 16.1 Å². The van der Waals surface area contributed by atoms with Gasteiger partial charge in [0.25, 0.3) is 5.56 Å². The van der Waals surface area contributed by atoms with Gasteiger partial charge in [0.2, 0.25) is 11.8 Å². The number of carbonyl (C=O) groups excluding carboxylic acids is 2. The van der Waals surface area contributed by atoms with Gasteiger partial charge in [-0.15, -0.1) is 0 Å². The normalized spacial score (nSPS) is 9.71. The van der Waals surface area contributed by atoms with Crippen molar-refractivity contribution in [2.45, 2.75) is 13.5 Å². The maximum absolute atomic E-state index is 11.4. The Balaban J connectivity index is 2.43. The van der Waals surface area contributed by atoms with Crippen LogP contribution in [0.3, 0.4) is 0 Å². The van der Waals surface area contributed by atoms with Crippen LogP contribution in [0, 0.1) is 0 Å². The van der Waals surface area contributed by atoms with Gasteiger partial charge in [0, 0.05) is 18.8 Å². The average molecular weight is 237 g/mol. The monoisotopic (exact) mass is 237 g/mol. The number of hydrogen-bond acceptors (Lipinski definition) is 3. The van der Waals surface area contributed by atoms with E-state index in [4.69, 9.17) is 0 Å². The Bertz CT molecular complexity index is 453. The molecule has 1 aromatic heterocycles. The quantitative estimate of drug-likeness (QED) is 0.696. The largest absolute Gasteiger partial charge is 0.355 e. The molecule has 1 rings (SSSR count). The van der Waals surface area contributed by atoms with Gasteiger partial charge in [-0.25, -0.2) is 0 Å². The van der Waals surface area contributed by atoms with E-state index in [0.717, 1.165) is 0 Å². The van der Waals surface area contributed by atoms with Gasteiger partial charge in [-0.05, 0) is 13.0 Å². The van der Waals surface area contributed by atoms with E-state index in [1.807, 2.05) is 0 Å². The van der Waals surface area contributed by atoms with E-state index in [-0.39, 0.29) is 30.5 Å². The molecule has 0 aliphatic heterocycles. The highest BCUT2D eigenvalue weighted by Crippen LogP contribution is 1.82. The van der Waals surface area contributed by atoms with Gasteiger partial charge in [-0.1, -0.05) is 6.07 Å². The number of nitrogens with zero attached hydrogens (tertiary/aromatic N) is 1. The number of likely N-dealkylation sites (N-methyl/N-ethyl adjacent to an activating group) is 1. The average Bonchev–Trinajstić information content (AvgIpc) is 2.30. The summed E-state index contributed by atoms with van der Waals surface area (Å²) in [5, 5.41) is 4.99. The summed E-state index contributed by atoms with van der Waals surface area (Å²) < 4.78 is 1.27. The van der Waals surface area contributed by atoms with Crippen LogP contribution in [0.25, 0.3) is 0 Å². The highest BCUT2D eigenvalue weighted by atomic mass is 16.2. The molecule has 2 amide bonds. The zero-order valence-electron chi connectivity index (χ0n) is 9.60. The molecule has 1 aromatic rings. The third kappa shape index (κ3) is 4.50. The minimum atomic E-state index is -0.371. The first kappa shape index (κ1) is 13.0. The Labute approximate surface area is 98.6 Å². The van der Waals surface area contributed by atoms with E-state index in [1.165, 1.54) is 16.8 Å². The zero-order chi connectivity index (χ0) is 12.7. The second-order valence-corrected chi connectivity index (χ2v) is 3.40. The SMILES string of the molecule is CCNC(=O)CNC(=O)Cn1ccccc1=O. The first-order valence-corrected chi connectivity index (χ1v) is 5.32. The minimum absolute atomic E-state index is 0.0751. The number of hydrogen-bond donors (Lipinski definition) is 2. The topological polar surface area (TPSA) is 80.2 Å². The predicted molar refractivity (Wildman–Crippen MR) is 62.4 cm³/mol. The lowest BCUT2D eigenvalue weighted by Crippen LogP contribution is -2.39. The molecule has 0 saturated heterocycles. The van der Waals surface area contributed by atoms with Crippen molar-refractivity contribution < 1.29 is 9.59 Å². The Morgan fingerprint density at radius 3 is 2.65 bits per heavy atom. The molecule has 0 aromatic carbocycles. The van der Waals surface area contributed by atoms with Crippen LogP contribution in [0.2, 0.25) is 0 Å². The molecule has 0 saturated carbocycles. The van der Waals surface area contributed by atoms with Gasteiger partial charge < -0.3 is 15.2 Å². The summed E-state index contributed by atoms with van der Waals surface area (Å²) in [6, 6.07) is 4.64. The highest BCUT2D eigenvalue weighted by Gasteiger charge is 2.05. The molecule has 17 heavy (non-hydrogen) atoms. The van der Waals surface area contributed by atoms with Crippen molar-refractivity contribution in [2.75, 3.05) is 13.1 Å². The van der Waals surface area contributed by atoms with Gasteiger partial charge in [-0.2, -0.15) is 0 Å². The van der Waals surface area contributed by atoms with Crippen LogP contribution >= 0.6 is 0 Å². The van der Waals surface area contributed by atoms with Crippen molar-refractivity contribution in [3.8, 4) is 0 Å². The first-order valence-electron chi connectivity index (χ1n) is 5.32. The number of nitrogens with one attached hydrogen (secondary N) is 2. The molecule has 6 heteroatoms. The van der Waals surface area contributed by atoms with Crippen molar-refractivity contribution in [2.24, 2.45) is 0 Å². The third-order valence-electron chi connectivity index (χ3n) is 2.03. The summed E-state index contributed by atoms with van der Waals surface area (Å²) in [6.45, 7) is 2.16. The fourth-order valence-electron chi connectivity index (χ4n) is 1.24. The standard InChI is InChI=1S/C11H15N3O3/c1-2-12-9(15)7-13-10(16)8-14-6-4-3-5-11(14)17/h3-6H,2,7-8H2,1H3,(H,12,15)(H,13,16). The maximum Gasteiger partial charge on any atom is 0.250 e. The molecule has 1 heterocycles. The van der Waals surface area contributed by atoms with E-state index in [0.29, 0.717) is 6.54 Å². The van der Waals surface area contributed by atoms with Crippen LogP contribution in [0.5, 0.6) is 0 Å². The van der Waals surface area contributed by atoms with E-state index < -0.39 is 0 Å². The van der Waals surface area contributed by atoms with Crippen LogP contribution in [0.15, 0.2) is 29.2 Å². The van der Waals surface area contributed by atoms with Crippen molar-refractivity contribution >= 4 is 11.8 Å². The highest BCUT2D eigenvalue weighted by molar-refractivity contribution is 5.84. The Kier molecular flexibility index (Phi) is 4.93. The van der Waals surface area contributed by atoms with Gasteiger partial charge in [0.1, 0.15) is 6.54 Å². The van der Waals surface area contributed by atoms with Gasteiger partial charge in [-0.3, -0.25) is 14.4 Å². The lowest BCUT2D eigenvalue weighted by Gasteiger charge is -2.06. The van der Waals surface area contributed by atoms with Crippen molar-refractivity contribution in [3.63, 3.8) is 0 Å². The fraction of sp³-hybridized carbons (Fsp3) is 0.364. The zero-order valence-corrected chi connectivity index (χ0v) is 9.60. The summed E-state index contributed by atoms with van der Waals surface area (Å²) in [6.07, 6.45) is 1.52. The Hall–Kier alpha value is -2.11. The van der Waals surface area contributed by atoms with Crippen LogP contribution in [0.4, 0.5) is 0 Å². The summed E-state index contributed by atoms with van der Waals surface area (Å²) in [5.41, 5.74) is -0.249. The molecule has 0 atom stereocenters. The van der Waals surface area contributed by atoms with Crippen LogP contribution < -0.4 is 16.2 Å². The second-order valence-electron chi connectivity index (χ2n) is 3.40. The molecular formula is C11H15N3O3. The maximum atomic E-state index is 11.4. The Morgan fingerprint density at radius 2 is 2.00 bits per heavy atom. The summed E-state index contributed by atoms with van der Waals surface area (Å²) in [4.78, 5) is 33.8. The minimum Gasteiger partial charge on any atom is -0.355 e. The molecule has 0 spiro atoms. The van der Waals surface area contributed by atoms with Gasteiger partial charge >= 0.3 is 0 Å². The lowest BCUT2D eigenvalue weighted by molar-refractivity contribution is -0.126. The molecule has 0 bridgehead atoms. The molecular weight excluding hydrogens is 222 g/mol. The van der Waals surface area contributed by atoms with E-state index in [2.05, 4.69) is 10.6 Å². The molecule has 2 N–H and O–H groups in total. The second kappa shape index (κ2) is 6.47. The number of carbonyl (C=O) groups is 2. The molecule has 0 fully saturated rings. The smallest absolute Gasteiger partial charge is 0.250 e. The molecule has 0 aliphatic rings. The van der Waals surface area contributed by atoms with Crippen molar-refractivity contribution in [1.82, 2.24) is 15.2 Å². The number of aromatic nitrogens is 1. The van der Waals surface area contributed by atoms with Crippen molar-refractivity contribution in [3.05, 3.63) is 34.7 Å². The summed E-state index contributed by atoms with van der Waals surface area (Å²) in [7, 11) is 0. The number of rotatable bonds is 5.